The van der Waals surface area contributed by atoms with Crippen molar-refractivity contribution in [2.75, 3.05) is 0 Å². The maximum absolute atomic E-state index is 3.97. The van der Waals surface area contributed by atoms with E-state index in [-0.39, 0.29) is 5.92 Å². The van der Waals surface area contributed by atoms with Crippen molar-refractivity contribution in [3.8, 4) is 0 Å². The summed E-state index contributed by atoms with van der Waals surface area (Å²) in [6.45, 7) is 3.97. The van der Waals surface area contributed by atoms with E-state index < -0.39 is 0 Å². The lowest BCUT2D eigenvalue weighted by Gasteiger charge is -2.09. The van der Waals surface area contributed by atoms with Gasteiger partial charge in [-0.05, 0) is 34.0 Å². The molecule has 17 heavy (non-hydrogen) atoms. The molecule has 0 aliphatic rings. The normalized spacial score (nSPS) is 12.7. The smallest absolute Gasteiger partial charge is 0.0457 e. The molecule has 1 aromatic carbocycles. The zero-order chi connectivity index (χ0) is 11.7. The summed E-state index contributed by atoms with van der Waals surface area (Å²) in [7, 11) is 0. The Morgan fingerprint density at radius 2 is 2.12 bits per heavy atom. The maximum Gasteiger partial charge on any atom is 0.0457 e. The molecular formula is C15H13NS. The lowest BCUT2D eigenvalue weighted by molar-refractivity contribution is 1.05. The maximum atomic E-state index is 3.97. The summed E-state index contributed by atoms with van der Waals surface area (Å²) < 4.78 is 0. The SMILES string of the molecule is C=C[C@@H](c1ccsc1)c1c[nH]c2ccccc12. The second-order valence-electron chi connectivity index (χ2n) is 4.06. The van der Waals surface area contributed by atoms with Crippen LogP contribution < -0.4 is 0 Å². The summed E-state index contributed by atoms with van der Waals surface area (Å²) >= 11 is 1.73. The van der Waals surface area contributed by atoms with Crippen LogP contribution in [0.2, 0.25) is 0 Å². The first-order chi connectivity index (χ1) is 8.40. The summed E-state index contributed by atoms with van der Waals surface area (Å²) in [4.78, 5) is 3.32. The quantitative estimate of drug-likeness (QED) is 0.645. The van der Waals surface area contributed by atoms with Crippen LogP contribution in [-0.2, 0) is 0 Å². The summed E-state index contributed by atoms with van der Waals surface area (Å²) in [6, 6.07) is 10.6. The van der Waals surface area contributed by atoms with Crippen LogP contribution in [0, 0.1) is 0 Å². The molecular weight excluding hydrogens is 226 g/mol. The Hall–Kier alpha value is -1.80. The van der Waals surface area contributed by atoms with Gasteiger partial charge in [-0.3, -0.25) is 0 Å². The first-order valence-electron chi connectivity index (χ1n) is 5.61. The number of rotatable bonds is 3. The Kier molecular flexibility index (Phi) is 2.57. The van der Waals surface area contributed by atoms with Crippen molar-refractivity contribution in [2.45, 2.75) is 5.92 Å². The van der Waals surface area contributed by atoms with Crippen LogP contribution in [0.5, 0.6) is 0 Å². The van der Waals surface area contributed by atoms with Gasteiger partial charge in [-0.15, -0.1) is 6.58 Å². The summed E-state index contributed by atoms with van der Waals surface area (Å²) in [5, 5.41) is 5.58. The summed E-state index contributed by atoms with van der Waals surface area (Å²) in [5.41, 5.74) is 3.80. The first-order valence-corrected chi connectivity index (χ1v) is 6.55. The zero-order valence-electron chi connectivity index (χ0n) is 9.39. The van der Waals surface area contributed by atoms with Crippen molar-refractivity contribution in [1.82, 2.24) is 4.98 Å². The molecule has 0 aliphatic heterocycles. The van der Waals surface area contributed by atoms with Gasteiger partial charge in [-0.2, -0.15) is 11.3 Å². The van der Waals surface area contributed by atoms with Crippen molar-refractivity contribution in [3.05, 3.63) is 71.1 Å². The Bertz CT molecular complexity index is 634. The standard InChI is InChI=1S/C15H13NS/c1-2-12(11-7-8-17-10-11)14-9-16-15-6-4-3-5-13(14)15/h2-10,12,16H,1H2/t12-/m0/s1. The molecule has 0 spiro atoms. The molecule has 2 heterocycles. The molecule has 1 atom stereocenters. The van der Waals surface area contributed by atoms with Crippen molar-refractivity contribution in [3.63, 3.8) is 0 Å². The van der Waals surface area contributed by atoms with Gasteiger partial charge in [0.25, 0.3) is 0 Å². The van der Waals surface area contributed by atoms with E-state index in [1.165, 1.54) is 22.0 Å². The van der Waals surface area contributed by atoms with Crippen LogP contribution in [0.1, 0.15) is 17.0 Å². The van der Waals surface area contributed by atoms with Crippen molar-refractivity contribution >= 4 is 22.2 Å². The molecule has 2 heteroatoms. The minimum Gasteiger partial charge on any atom is -0.361 e. The molecule has 0 saturated heterocycles. The minimum absolute atomic E-state index is 0.275. The number of para-hydroxylation sites is 1. The fraction of sp³-hybridized carbons (Fsp3) is 0.0667. The third kappa shape index (κ3) is 1.71. The molecule has 1 N–H and O–H groups in total. The molecule has 0 saturated carbocycles. The first kappa shape index (κ1) is 10.4. The lowest BCUT2D eigenvalue weighted by atomic mass is 9.93. The number of allylic oxidation sites excluding steroid dienone is 1. The van der Waals surface area contributed by atoms with Crippen LogP contribution in [0.15, 0.2) is 59.9 Å². The highest BCUT2D eigenvalue weighted by Crippen LogP contribution is 2.32. The highest BCUT2D eigenvalue weighted by Gasteiger charge is 2.14. The highest BCUT2D eigenvalue weighted by atomic mass is 32.1. The van der Waals surface area contributed by atoms with Gasteiger partial charge >= 0.3 is 0 Å². The van der Waals surface area contributed by atoms with Gasteiger partial charge in [-0.1, -0.05) is 24.3 Å². The number of benzene rings is 1. The van der Waals surface area contributed by atoms with Gasteiger partial charge in [-0.25, -0.2) is 0 Å². The molecule has 84 valence electrons. The number of fused-ring (bicyclic) bond motifs is 1. The van der Waals surface area contributed by atoms with Crippen LogP contribution in [-0.4, -0.2) is 4.98 Å². The molecule has 0 amide bonds. The van der Waals surface area contributed by atoms with Gasteiger partial charge in [0.1, 0.15) is 0 Å². The number of hydrogen-bond donors (Lipinski definition) is 1. The Morgan fingerprint density at radius 1 is 1.24 bits per heavy atom. The number of aromatic amines is 1. The summed E-state index contributed by atoms with van der Waals surface area (Å²) in [6.07, 6.45) is 4.10. The molecule has 3 aromatic rings. The number of hydrogen-bond acceptors (Lipinski definition) is 1. The number of aromatic nitrogens is 1. The number of nitrogens with one attached hydrogen (secondary N) is 1. The Labute approximate surface area is 104 Å². The second-order valence-corrected chi connectivity index (χ2v) is 4.84. The third-order valence-corrected chi connectivity index (χ3v) is 3.80. The van der Waals surface area contributed by atoms with Crippen LogP contribution in [0.4, 0.5) is 0 Å². The van der Waals surface area contributed by atoms with E-state index in [0.29, 0.717) is 0 Å². The minimum atomic E-state index is 0.275. The van der Waals surface area contributed by atoms with Gasteiger partial charge < -0.3 is 4.98 Å². The molecule has 0 bridgehead atoms. The Balaban J connectivity index is 2.17. The molecule has 0 unspecified atom stereocenters. The van der Waals surface area contributed by atoms with Gasteiger partial charge in [0.2, 0.25) is 0 Å². The zero-order valence-corrected chi connectivity index (χ0v) is 10.2. The second kappa shape index (κ2) is 4.22. The molecule has 1 nitrogen and oxygen atoms in total. The van der Waals surface area contributed by atoms with Crippen molar-refractivity contribution < 1.29 is 0 Å². The average Bonchev–Trinajstić information content (AvgIpc) is 3.01. The molecule has 0 radical (unpaired) electrons. The highest BCUT2D eigenvalue weighted by molar-refractivity contribution is 7.08. The predicted octanol–water partition coefficient (Wildman–Crippen LogP) is 4.55. The van der Waals surface area contributed by atoms with E-state index in [4.69, 9.17) is 0 Å². The van der Waals surface area contributed by atoms with E-state index in [1.54, 1.807) is 11.3 Å². The van der Waals surface area contributed by atoms with Crippen molar-refractivity contribution in [1.29, 1.82) is 0 Å². The van der Waals surface area contributed by atoms with Crippen molar-refractivity contribution in [2.24, 2.45) is 0 Å². The van der Waals surface area contributed by atoms with Gasteiger partial charge in [0.05, 0.1) is 0 Å². The monoisotopic (exact) mass is 239 g/mol. The van der Waals surface area contributed by atoms with Crippen LogP contribution in [0.3, 0.4) is 0 Å². The van der Waals surface area contributed by atoms with E-state index in [1.807, 2.05) is 6.08 Å². The largest absolute Gasteiger partial charge is 0.361 e. The van der Waals surface area contributed by atoms with E-state index in [9.17, 15) is 0 Å². The summed E-state index contributed by atoms with van der Waals surface area (Å²) in [5.74, 6) is 0.275. The van der Waals surface area contributed by atoms with E-state index in [2.05, 4.69) is 58.9 Å². The Morgan fingerprint density at radius 3 is 2.88 bits per heavy atom. The lowest BCUT2D eigenvalue weighted by Crippen LogP contribution is -1.93. The topological polar surface area (TPSA) is 15.8 Å². The number of H-pyrrole nitrogens is 1. The molecule has 0 fully saturated rings. The van der Waals surface area contributed by atoms with Gasteiger partial charge in [0, 0.05) is 23.0 Å². The third-order valence-electron chi connectivity index (χ3n) is 3.09. The van der Waals surface area contributed by atoms with E-state index in [0.717, 1.165) is 0 Å². The average molecular weight is 239 g/mol. The predicted molar refractivity (Wildman–Crippen MR) is 74.7 cm³/mol. The fourth-order valence-electron chi connectivity index (χ4n) is 2.25. The molecule has 0 aliphatic carbocycles. The number of thiophene rings is 1. The van der Waals surface area contributed by atoms with Crippen LogP contribution >= 0.6 is 11.3 Å². The van der Waals surface area contributed by atoms with Crippen LogP contribution in [0.25, 0.3) is 10.9 Å². The van der Waals surface area contributed by atoms with E-state index >= 15 is 0 Å². The molecule has 3 rings (SSSR count). The fourth-order valence-corrected chi connectivity index (χ4v) is 2.94. The van der Waals surface area contributed by atoms with Gasteiger partial charge in [0.15, 0.2) is 0 Å². The molecule has 2 aromatic heterocycles.